The fourth-order valence-corrected chi connectivity index (χ4v) is 1.96. The summed E-state index contributed by atoms with van der Waals surface area (Å²) in [6.07, 6.45) is -4.66. The monoisotopic (exact) mass is 289 g/mol. The molecular formula is C11H10F3N3O3. The van der Waals surface area contributed by atoms with Crippen LogP contribution in [-0.2, 0) is 11.0 Å². The number of carbonyl (C=O) groups is 1. The number of halogens is 3. The molecule has 2 rings (SSSR count). The lowest BCUT2D eigenvalue weighted by Crippen LogP contribution is -2.22. The molecule has 9 heteroatoms. The minimum absolute atomic E-state index is 0.0874. The molecule has 20 heavy (non-hydrogen) atoms. The maximum atomic E-state index is 12.8. The SMILES string of the molecule is O=C1CC(Nc2ccc([N+](=O)[O-])c(C(F)(F)F)c2)CN1. The Bertz CT molecular complexity index is 560. The number of nitro groups is 1. The summed E-state index contributed by atoms with van der Waals surface area (Å²) in [7, 11) is 0. The first-order chi connectivity index (χ1) is 9.27. The molecule has 0 aromatic heterocycles. The number of rotatable bonds is 3. The Hall–Kier alpha value is -2.32. The van der Waals surface area contributed by atoms with Gasteiger partial charge in [-0.3, -0.25) is 14.9 Å². The molecule has 108 valence electrons. The molecule has 6 nitrogen and oxygen atoms in total. The summed E-state index contributed by atoms with van der Waals surface area (Å²) < 4.78 is 38.3. The number of anilines is 1. The Morgan fingerprint density at radius 3 is 2.60 bits per heavy atom. The Balaban J connectivity index is 2.28. The molecule has 1 unspecified atom stereocenters. The number of nitro benzene ring substituents is 1. The zero-order chi connectivity index (χ0) is 14.9. The standard InChI is InChI=1S/C11H10F3N3O3/c12-11(13,14)8-3-6(1-2-9(8)17(19)20)16-7-4-10(18)15-5-7/h1-3,7,16H,4-5H2,(H,15,18). The van der Waals surface area contributed by atoms with Crippen LogP contribution in [0.25, 0.3) is 0 Å². The molecule has 0 spiro atoms. The van der Waals surface area contributed by atoms with Crippen molar-refractivity contribution in [2.75, 3.05) is 11.9 Å². The van der Waals surface area contributed by atoms with E-state index in [1.807, 2.05) is 0 Å². The molecular weight excluding hydrogens is 279 g/mol. The lowest BCUT2D eigenvalue weighted by molar-refractivity contribution is -0.388. The van der Waals surface area contributed by atoms with Gasteiger partial charge in [-0.2, -0.15) is 13.2 Å². The van der Waals surface area contributed by atoms with Crippen molar-refractivity contribution in [3.05, 3.63) is 33.9 Å². The van der Waals surface area contributed by atoms with E-state index in [1.54, 1.807) is 0 Å². The number of alkyl halides is 3. The summed E-state index contributed by atoms with van der Waals surface area (Å²) in [6, 6.07) is 2.34. The van der Waals surface area contributed by atoms with E-state index in [-0.39, 0.29) is 24.1 Å². The average molecular weight is 289 g/mol. The van der Waals surface area contributed by atoms with Crippen molar-refractivity contribution in [1.82, 2.24) is 5.32 Å². The number of benzene rings is 1. The Morgan fingerprint density at radius 1 is 1.40 bits per heavy atom. The summed E-state index contributed by atoms with van der Waals surface area (Å²) in [5.41, 5.74) is -2.22. The molecule has 1 amide bonds. The molecule has 2 N–H and O–H groups in total. The van der Waals surface area contributed by atoms with Crippen LogP contribution in [-0.4, -0.2) is 23.4 Å². The largest absolute Gasteiger partial charge is 0.423 e. The van der Waals surface area contributed by atoms with Crippen molar-refractivity contribution in [2.24, 2.45) is 0 Å². The first-order valence-corrected chi connectivity index (χ1v) is 5.66. The first kappa shape index (κ1) is 14.1. The molecule has 1 heterocycles. The number of nitrogens with zero attached hydrogens (tertiary/aromatic N) is 1. The second kappa shape index (κ2) is 4.99. The van der Waals surface area contributed by atoms with Gasteiger partial charge >= 0.3 is 6.18 Å². The van der Waals surface area contributed by atoms with E-state index in [1.165, 1.54) is 6.07 Å². The minimum atomic E-state index is -4.82. The summed E-state index contributed by atoms with van der Waals surface area (Å²) in [5.74, 6) is -0.194. The maximum absolute atomic E-state index is 12.8. The molecule has 1 saturated heterocycles. The van der Waals surface area contributed by atoms with Crippen LogP contribution in [0.15, 0.2) is 18.2 Å². The highest BCUT2D eigenvalue weighted by molar-refractivity contribution is 5.79. The second-order valence-electron chi connectivity index (χ2n) is 4.34. The number of hydrogen-bond acceptors (Lipinski definition) is 4. The highest BCUT2D eigenvalue weighted by atomic mass is 19.4. The summed E-state index contributed by atoms with van der Waals surface area (Å²) in [6.45, 7) is 0.303. The molecule has 1 atom stereocenters. The van der Waals surface area contributed by atoms with Gasteiger partial charge in [0.25, 0.3) is 5.69 Å². The molecule has 0 bridgehead atoms. The van der Waals surface area contributed by atoms with Crippen LogP contribution in [0.4, 0.5) is 24.5 Å². The van der Waals surface area contributed by atoms with Crippen molar-refractivity contribution in [3.8, 4) is 0 Å². The van der Waals surface area contributed by atoms with E-state index in [0.717, 1.165) is 6.07 Å². The van der Waals surface area contributed by atoms with Crippen LogP contribution >= 0.6 is 0 Å². The smallest absolute Gasteiger partial charge is 0.380 e. The molecule has 1 aromatic rings. The van der Waals surface area contributed by atoms with Crippen molar-refractivity contribution >= 4 is 17.3 Å². The third-order valence-corrected chi connectivity index (χ3v) is 2.85. The van der Waals surface area contributed by atoms with Gasteiger partial charge in [0.15, 0.2) is 0 Å². The normalized spacial score (nSPS) is 18.8. The zero-order valence-corrected chi connectivity index (χ0v) is 10.0. The number of amides is 1. The predicted octanol–water partition coefficient (Wildman–Crippen LogP) is 1.91. The summed E-state index contributed by atoms with van der Waals surface area (Å²) in [5, 5.41) is 15.9. The van der Waals surface area contributed by atoms with E-state index in [9.17, 15) is 28.1 Å². The highest BCUT2D eigenvalue weighted by Crippen LogP contribution is 2.37. The van der Waals surface area contributed by atoms with Gasteiger partial charge in [0.1, 0.15) is 5.56 Å². The van der Waals surface area contributed by atoms with Gasteiger partial charge in [0.2, 0.25) is 5.91 Å². The van der Waals surface area contributed by atoms with Gasteiger partial charge in [-0.05, 0) is 12.1 Å². The Morgan fingerprint density at radius 2 is 2.10 bits per heavy atom. The summed E-state index contributed by atoms with van der Waals surface area (Å²) >= 11 is 0. The van der Waals surface area contributed by atoms with E-state index in [4.69, 9.17) is 0 Å². The summed E-state index contributed by atoms with van der Waals surface area (Å²) in [4.78, 5) is 20.5. The third kappa shape index (κ3) is 2.98. The fourth-order valence-electron chi connectivity index (χ4n) is 1.96. The van der Waals surface area contributed by atoms with Crippen molar-refractivity contribution in [3.63, 3.8) is 0 Å². The lowest BCUT2D eigenvalue weighted by atomic mass is 10.1. The van der Waals surface area contributed by atoms with E-state index in [0.29, 0.717) is 12.6 Å². The quantitative estimate of drug-likeness (QED) is 0.657. The predicted molar refractivity (Wildman–Crippen MR) is 63.1 cm³/mol. The zero-order valence-electron chi connectivity index (χ0n) is 10.0. The van der Waals surface area contributed by atoms with Crippen LogP contribution < -0.4 is 10.6 Å². The van der Waals surface area contributed by atoms with E-state index < -0.39 is 22.4 Å². The fraction of sp³-hybridized carbons (Fsp3) is 0.364. The van der Waals surface area contributed by atoms with Crippen molar-refractivity contribution in [2.45, 2.75) is 18.6 Å². The molecule has 1 aliphatic rings. The molecule has 0 radical (unpaired) electrons. The van der Waals surface area contributed by atoms with E-state index >= 15 is 0 Å². The molecule has 1 aromatic carbocycles. The Labute approximate surface area is 111 Å². The number of nitrogens with one attached hydrogen (secondary N) is 2. The van der Waals surface area contributed by atoms with Gasteiger partial charge in [-0.15, -0.1) is 0 Å². The van der Waals surface area contributed by atoms with Crippen LogP contribution in [0.3, 0.4) is 0 Å². The second-order valence-corrected chi connectivity index (χ2v) is 4.34. The average Bonchev–Trinajstić information content (AvgIpc) is 2.73. The maximum Gasteiger partial charge on any atom is 0.423 e. The molecule has 1 fully saturated rings. The molecule has 1 aliphatic heterocycles. The first-order valence-electron chi connectivity index (χ1n) is 5.66. The van der Waals surface area contributed by atoms with Gasteiger partial charge in [0.05, 0.1) is 11.0 Å². The number of carbonyl (C=O) groups excluding carboxylic acids is 1. The topological polar surface area (TPSA) is 84.3 Å². The number of hydrogen-bond donors (Lipinski definition) is 2. The minimum Gasteiger partial charge on any atom is -0.380 e. The van der Waals surface area contributed by atoms with Crippen molar-refractivity contribution < 1.29 is 22.9 Å². The van der Waals surface area contributed by atoms with Gasteiger partial charge < -0.3 is 10.6 Å². The lowest BCUT2D eigenvalue weighted by Gasteiger charge is -2.14. The van der Waals surface area contributed by atoms with Crippen molar-refractivity contribution in [1.29, 1.82) is 0 Å². The van der Waals surface area contributed by atoms with E-state index in [2.05, 4.69) is 10.6 Å². The third-order valence-electron chi connectivity index (χ3n) is 2.85. The van der Waals surface area contributed by atoms with Gasteiger partial charge in [0, 0.05) is 24.7 Å². The van der Waals surface area contributed by atoms with Crippen LogP contribution in [0.2, 0.25) is 0 Å². The van der Waals surface area contributed by atoms with Crippen LogP contribution in [0.1, 0.15) is 12.0 Å². The molecule has 0 saturated carbocycles. The molecule has 0 aliphatic carbocycles. The van der Waals surface area contributed by atoms with Crippen LogP contribution in [0, 0.1) is 10.1 Å². The van der Waals surface area contributed by atoms with Crippen LogP contribution in [0.5, 0.6) is 0 Å². The highest BCUT2D eigenvalue weighted by Gasteiger charge is 2.38. The Kier molecular flexibility index (Phi) is 3.51. The van der Waals surface area contributed by atoms with Gasteiger partial charge in [-0.1, -0.05) is 0 Å². The van der Waals surface area contributed by atoms with Gasteiger partial charge in [-0.25, -0.2) is 0 Å².